The zero-order valence-electron chi connectivity index (χ0n) is 22.6. The van der Waals surface area contributed by atoms with Crippen LogP contribution in [-0.4, -0.2) is 101 Å². The molecule has 3 aromatic rings. The number of aromatic nitrogens is 5. The molecule has 0 bridgehead atoms. The van der Waals surface area contributed by atoms with Gasteiger partial charge in [0, 0.05) is 51.2 Å². The summed E-state index contributed by atoms with van der Waals surface area (Å²) in [4.78, 5) is 35.2. The fraction of sp³-hybridized carbons (Fsp3) is 0.593. The lowest BCUT2D eigenvalue weighted by Gasteiger charge is -2.41. The van der Waals surface area contributed by atoms with Crippen LogP contribution < -0.4 is 20.4 Å². The molecule has 7 heterocycles. The first-order valence-electron chi connectivity index (χ1n) is 14.0. The van der Waals surface area contributed by atoms with E-state index in [0.29, 0.717) is 18.7 Å². The molecule has 12 nitrogen and oxygen atoms in total. The maximum atomic E-state index is 12.2. The van der Waals surface area contributed by atoms with Gasteiger partial charge in [0.05, 0.1) is 36.8 Å². The molecule has 12 heteroatoms. The first-order chi connectivity index (χ1) is 18.9. The summed E-state index contributed by atoms with van der Waals surface area (Å²) in [6.45, 7) is 7.30. The lowest BCUT2D eigenvalue weighted by molar-refractivity contribution is -0.129. The fourth-order valence-electron chi connectivity index (χ4n) is 6.56. The van der Waals surface area contributed by atoms with Gasteiger partial charge in [0.25, 0.3) is 0 Å². The highest BCUT2D eigenvalue weighted by atomic mass is 16.5. The molecule has 3 aromatic heterocycles. The second-order valence-corrected chi connectivity index (χ2v) is 11.5. The topological polar surface area (TPSA) is 133 Å². The molecule has 0 radical (unpaired) electrons. The van der Waals surface area contributed by atoms with Gasteiger partial charge in [-0.3, -0.25) is 9.89 Å². The van der Waals surface area contributed by atoms with Gasteiger partial charge in [-0.2, -0.15) is 5.10 Å². The lowest BCUT2D eigenvalue weighted by atomic mass is 9.73. The van der Waals surface area contributed by atoms with Gasteiger partial charge < -0.3 is 30.1 Å². The molecule has 4 aliphatic rings. The SMILES string of the molecule is C[C@@H]1OCC2(CCN(c3cnc4c(N5CCCc6nc(N7CCN(C)C(=O)C7)ccc65)n[nH]c4n3)CC2)[C@@H]1N. The fourth-order valence-corrected chi connectivity index (χ4v) is 6.56. The quantitative estimate of drug-likeness (QED) is 0.511. The van der Waals surface area contributed by atoms with E-state index in [1.165, 1.54) is 0 Å². The summed E-state index contributed by atoms with van der Waals surface area (Å²) in [5, 5.41) is 7.77. The van der Waals surface area contributed by atoms with Crippen LogP contribution in [0.15, 0.2) is 18.3 Å². The standard InChI is InChI=1S/C27H36N10O2/c1-17-24(28)27(16-39-17)7-10-35(11-8-27)21-14-29-23-25(31-21)32-33-26(23)37-9-3-4-18-19(37)5-6-20(30-18)36-13-12-34(2)22(38)15-36/h5-6,14,17,24H,3-4,7-13,15-16,28H2,1-2H3,(H,31,32,33)/t17-,24+/m0/s1. The second-order valence-electron chi connectivity index (χ2n) is 11.5. The van der Waals surface area contributed by atoms with E-state index < -0.39 is 0 Å². The number of nitrogens with one attached hydrogen (secondary N) is 1. The number of pyridine rings is 1. The highest BCUT2D eigenvalue weighted by Gasteiger charge is 2.47. The first kappa shape index (κ1) is 24.5. The Hall–Kier alpha value is -3.51. The van der Waals surface area contributed by atoms with E-state index in [1.807, 2.05) is 19.3 Å². The van der Waals surface area contributed by atoms with Gasteiger partial charge in [0.1, 0.15) is 11.6 Å². The van der Waals surface area contributed by atoms with Crippen molar-refractivity contribution in [3.05, 3.63) is 24.0 Å². The number of anilines is 4. The van der Waals surface area contributed by atoms with E-state index in [2.05, 4.69) is 37.9 Å². The van der Waals surface area contributed by atoms with Gasteiger partial charge in [-0.25, -0.2) is 15.0 Å². The number of aromatic amines is 1. The summed E-state index contributed by atoms with van der Waals surface area (Å²) >= 11 is 0. The molecule has 39 heavy (non-hydrogen) atoms. The number of carbonyl (C=O) groups excluding carboxylic acids is 1. The minimum atomic E-state index is 0.0734. The van der Waals surface area contributed by atoms with E-state index in [1.54, 1.807) is 4.90 Å². The molecule has 0 aliphatic carbocycles. The van der Waals surface area contributed by atoms with Crippen LogP contribution in [0.1, 0.15) is 31.9 Å². The normalized spacial score (nSPS) is 25.2. The number of fused-ring (bicyclic) bond motifs is 2. The zero-order chi connectivity index (χ0) is 26.7. The van der Waals surface area contributed by atoms with Gasteiger partial charge in [-0.1, -0.05) is 0 Å². The number of likely N-dealkylation sites (N-methyl/N-ethyl adjacent to an activating group) is 1. The third-order valence-electron chi connectivity index (χ3n) is 9.23. The molecule has 206 valence electrons. The summed E-state index contributed by atoms with van der Waals surface area (Å²) in [5.41, 5.74) is 10.1. The van der Waals surface area contributed by atoms with E-state index >= 15 is 0 Å². The van der Waals surface area contributed by atoms with Crippen LogP contribution in [0, 0.1) is 5.41 Å². The van der Waals surface area contributed by atoms with Crippen molar-refractivity contribution in [2.75, 3.05) is 67.6 Å². The van der Waals surface area contributed by atoms with Crippen molar-refractivity contribution in [2.24, 2.45) is 11.1 Å². The average Bonchev–Trinajstić information content (AvgIpc) is 3.50. The van der Waals surface area contributed by atoms with Crippen LogP contribution >= 0.6 is 0 Å². The van der Waals surface area contributed by atoms with Crippen LogP contribution in [0.3, 0.4) is 0 Å². The van der Waals surface area contributed by atoms with E-state index in [0.717, 1.165) is 92.8 Å². The molecule has 7 rings (SSSR count). The van der Waals surface area contributed by atoms with Crippen LogP contribution in [0.4, 0.5) is 23.1 Å². The smallest absolute Gasteiger partial charge is 0.241 e. The summed E-state index contributed by atoms with van der Waals surface area (Å²) < 4.78 is 5.88. The van der Waals surface area contributed by atoms with E-state index in [9.17, 15) is 4.79 Å². The molecule has 4 aliphatic heterocycles. The Morgan fingerprint density at radius 2 is 1.92 bits per heavy atom. The Labute approximate surface area is 227 Å². The van der Waals surface area contributed by atoms with Crippen LogP contribution in [0.2, 0.25) is 0 Å². The molecule has 1 amide bonds. The molecule has 3 fully saturated rings. The average molecular weight is 533 g/mol. The second kappa shape index (κ2) is 9.30. The summed E-state index contributed by atoms with van der Waals surface area (Å²) in [6.07, 6.45) is 5.83. The first-order valence-corrected chi connectivity index (χ1v) is 14.0. The van der Waals surface area contributed by atoms with Gasteiger partial charge in [0.2, 0.25) is 5.91 Å². The maximum absolute atomic E-state index is 12.2. The number of piperidine rings is 1. The molecular weight excluding hydrogens is 496 g/mol. The number of rotatable bonds is 3. The number of H-pyrrole nitrogens is 1. The lowest BCUT2D eigenvalue weighted by Crippen LogP contribution is -2.50. The number of hydrogen-bond acceptors (Lipinski definition) is 10. The molecule has 0 unspecified atom stereocenters. The van der Waals surface area contributed by atoms with Crippen molar-refractivity contribution in [3.8, 4) is 0 Å². The van der Waals surface area contributed by atoms with Crippen molar-refractivity contribution in [2.45, 2.75) is 44.8 Å². The van der Waals surface area contributed by atoms with Crippen LogP contribution in [0.25, 0.3) is 11.2 Å². The van der Waals surface area contributed by atoms with Gasteiger partial charge in [-0.05, 0) is 44.7 Å². The summed E-state index contributed by atoms with van der Waals surface area (Å²) in [5.74, 6) is 2.62. The minimum absolute atomic E-state index is 0.0734. The van der Waals surface area contributed by atoms with Crippen LogP contribution in [-0.2, 0) is 16.0 Å². The van der Waals surface area contributed by atoms with Gasteiger partial charge in [0.15, 0.2) is 17.0 Å². The number of carbonyl (C=O) groups is 1. The molecular formula is C27H36N10O2. The number of nitrogens with two attached hydrogens (primary N) is 1. The maximum Gasteiger partial charge on any atom is 0.241 e. The third kappa shape index (κ3) is 4.08. The molecule has 3 N–H and O–H groups in total. The highest BCUT2D eigenvalue weighted by molar-refractivity contribution is 5.88. The number of amides is 1. The van der Waals surface area contributed by atoms with Crippen molar-refractivity contribution in [3.63, 3.8) is 0 Å². The van der Waals surface area contributed by atoms with Crippen molar-refractivity contribution >= 4 is 40.2 Å². The molecule has 1 spiro atoms. The minimum Gasteiger partial charge on any atom is -0.376 e. The number of hydrogen-bond donors (Lipinski definition) is 2. The predicted octanol–water partition coefficient (Wildman–Crippen LogP) is 1.44. The molecule has 2 atom stereocenters. The van der Waals surface area contributed by atoms with Crippen molar-refractivity contribution in [1.29, 1.82) is 0 Å². The predicted molar refractivity (Wildman–Crippen MR) is 148 cm³/mol. The number of piperazine rings is 1. The number of ether oxygens (including phenoxy) is 1. The Bertz CT molecular complexity index is 1400. The van der Waals surface area contributed by atoms with Crippen molar-refractivity contribution < 1.29 is 9.53 Å². The zero-order valence-corrected chi connectivity index (χ0v) is 22.6. The van der Waals surface area contributed by atoms with Crippen molar-refractivity contribution in [1.82, 2.24) is 30.0 Å². The molecule has 3 saturated heterocycles. The number of nitrogens with zero attached hydrogens (tertiary/aromatic N) is 8. The van der Waals surface area contributed by atoms with Gasteiger partial charge >= 0.3 is 0 Å². The Morgan fingerprint density at radius 3 is 2.69 bits per heavy atom. The van der Waals surface area contributed by atoms with E-state index in [-0.39, 0.29) is 23.5 Å². The summed E-state index contributed by atoms with van der Waals surface area (Å²) in [6, 6.07) is 4.20. The monoisotopic (exact) mass is 532 g/mol. The Morgan fingerprint density at radius 1 is 1.08 bits per heavy atom. The largest absolute Gasteiger partial charge is 0.376 e. The third-order valence-corrected chi connectivity index (χ3v) is 9.23. The summed E-state index contributed by atoms with van der Waals surface area (Å²) in [7, 11) is 1.85. The highest BCUT2D eigenvalue weighted by Crippen LogP contribution is 2.42. The van der Waals surface area contributed by atoms with E-state index in [4.69, 9.17) is 25.4 Å². The molecule has 0 aromatic carbocycles. The Kier molecular flexibility index (Phi) is 5.85. The number of aryl methyl sites for hydroxylation is 1. The molecule has 0 saturated carbocycles. The Balaban J connectivity index is 1.11. The van der Waals surface area contributed by atoms with Crippen LogP contribution in [0.5, 0.6) is 0 Å². The van der Waals surface area contributed by atoms with Gasteiger partial charge in [-0.15, -0.1) is 0 Å².